The van der Waals surface area contributed by atoms with Gasteiger partial charge in [-0.2, -0.15) is 0 Å². The van der Waals surface area contributed by atoms with Gasteiger partial charge < -0.3 is 15.8 Å². The molecular weight excluding hydrogens is 206 g/mol. The van der Waals surface area contributed by atoms with E-state index in [0.29, 0.717) is 6.54 Å². The molecule has 0 aliphatic carbocycles. The molecule has 0 radical (unpaired) electrons. The first-order chi connectivity index (χ1) is 7.10. The molecule has 0 aliphatic heterocycles. The van der Waals surface area contributed by atoms with Crippen LogP contribution in [0.3, 0.4) is 0 Å². The third-order valence-electron chi connectivity index (χ3n) is 1.86. The van der Waals surface area contributed by atoms with Gasteiger partial charge in [0, 0.05) is 19.0 Å². The minimum absolute atomic E-state index is 0.0111. The summed E-state index contributed by atoms with van der Waals surface area (Å²) in [6.07, 6.45) is -1.65. The van der Waals surface area contributed by atoms with Crippen molar-refractivity contribution in [3.63, 3.8) is 0 Å². The molecule has 0 saturated carbocycles. The fraction of sp³-hybridized carbons (Fsp3) is 0.889. The Kier molecular flexibility index (Phi) is 8.12. The van der Waals surface area contributed by atoms with E-state index >= 15 is 0 Å². The first kappa shape index (κ1) is 14.2. The largest absolute Gasteiger partial charge is 0.375 e. The fourth-order valence-corrected chi connectivity index (χ4v) is 0.965. The van der Waals surface area contributed by atoms with Crippen molar-refractivity contribution in [2.45, 2.75) is 32.2 Å². The second-order valence-corrected chi connectivity index (χ2v) is 3.12. The summed E-state index contributed by atoms with van der Waals surface area (Å²) in [6, 6.07) is -0.0485. The summed E-state index contributed by atoms with van der Waals surface area (Å²) >= 11 is 0. The van der Waals surface area contributed by atoms with E-state index in [1.165, 1.54) is 0 Å². The lowest BCUT2D eigenvalue weighted by Crippen LogP contribution is -2.40. The highest BCUT2D eigenvalue weighted by Crippen LogP contribution is 1.94. The summed E-state index contributed by atoms with van der Waals surface area (Å²) in [5, 5.41) is 2.67. The minimum Gasteiger partial charge on any atom is -0.375 e. The number of amides is 1. The Morgan fingerprint density at radius 1 is 1.53 bits per heavy atom. The van der Waals surface area contributed by atoms with Gasteiger partial charge in [0.15, 0.2) is 0 Å². The van der Waals surface area contributed by atoms with E-state index in [1.807, 2.05) is 6.92 Å². The molecule has 0 aromatic carbocycles. The van der Waals surface area contributed by atoms with Crippen LogP contribution in [0.5, 0.6) is 0 Å². The topological polar surface area (TPSA) is 64.3 Å². The molecule has 0 aromatic heterocycles. The Bertz CT molecular complexity index is 175. The highest BCUT2D eigenvalue weighted by molar-refractivity contribution is 5.76. The lowest BCUT2D eigenvalue weighted by atomic mass is 10.2. The van der Waals surface area contributed by atoms with Gasteiger partial charge in [0.25, 0.3) is 6.43 Å². The summed E-state index contributed by atoms with van der Waals surface area (Å²) in [5.74, 6) is -0.221. The molecule has 15 heavy (non-hydrogen) atoms. The van der Waals surface area contributed by atoms with Crippen molar-refractivity contribution in [3.8, 4) is 0 Å². The summed E-state index contributed by atoms with van der Waals surface area (Å²) < 4.78 is 27.8. The predicted octanol–water partition coefficient (Wildman–Crippen LogP) is 0.512. The van der Waals surface area contributed by atoms with Crippen LogP contribution in [0.1, 0.15) is 19.8 Å². The number of hydrogen-bond acceptors (Lipinski definition) is 3. The third-order valence-corrected chi connectivity index (χ3v) is 1.86. The minimum atomic E-state index is -2.49. The average molecular weight is 224 g/mol. The third kappa shape index (κ3) is 8.26. The predicted molar refractivity (Wildman–Crippen MR) is 52.7 cm³/mol. The Balaban J connectivity index is 3.48. The summed E-state index contributed by atoms with van der Waals surface area (Å²) in [4.78, 5) is 11.2. The number of nitrogens with two attached hydrogens (primary N) is 1. The molecule has 90 valence electrons. The fourth-order valence-electron chi connectivity index (χ4n) is 0.965. The van der Waals surface area contributed by atoms with Gasteiger partial charge in [-0.05, 0) is 6.42 Å². The van der Waals surface area contributed by atoms with Crippen LogP contribution in [0.4, 0.5) is 8.78 Å². The number of hydrogen-bond donors (Lipinski definition) is 2. The van der Waals surface area contributed by atoms with Crippen molar-refractivity contribution in [3.05, 3.63) is 0 Å². The summed E-state index contributed by atoms with van der Waals surface area (Å²) in [6.45, 7) is 1.67. The lowest BCUT2D eigenvalue weighted by molar-refractivity contribution is -0.123. The molecule has 1 amide bonds. The van der Waals surface area contributed by atoms with Crippen molar-refractivity contribution in [2.24, 2.45) is 5.73 Å². The SMILES string of the molecule is CCC(CN)NC(=O)CCOCC(F)F. The van der Waals surface area contributed by atoms with Gasteiger partial charge in [-0.25, -0.2) is 8.78 Å². The second-order valence-electron chi connectivity index (χ2n) is 3.12. The van der Waals surface area contributed by atoms with E-state index in [2.05, 4.69) is 10.1 Å². The zero-order valence-corrected chi connectivity index (χ0v) is 8.84. The van der Waals surface area contributed by atoms with Crippen LogP contribution < -0.4 is 11.1 Å². The quantitative estimate of drug-likeness (QED) is 0.590. The normalized spacial score (nSPS) is 12.9. The van der Waals surface area contributed by atoms with Crippen molar-refractivity contribution in [1.82, 2.24) is 5.32 Å². The monoisotopic (exact) mass is 224 g/mol. The summed E-state index contributed by atoms with van der Waals surface area (Å²) in [7, 11) is 0. The molecule has 3 N–H and O–H groups in total. The van der Waals surface area contributed by atoms with E-state index in [0.717, 1.165) is 6.42 Å². The molecule has 6 heteroatoms. The Hall–Kier alpha value is -0.750. The van der Waals surface area contributed by atoms with E-state index in [9.17, 15) is 13.6 Å². The van der Waals surface area contributed by atoms with Gasteiger partial charge >= 0.3 is 0 Å². The molecule has 0 aliphatic rings. The van der Waals surface area contributed by atoms with Crippen molar-refractivity contribution >= 4 is 5.91 Å². The molecule has 1 atom stereocenters. The molecule has 0 rings (SSSR count). The zero-order valence-electron chi connectivity index (χ0n) is 8.84. The van der Waals surface area contributed by atoms with Gasteiger partial charge in [0.2, 0.25) is 5.91 Å². The number of carbonyl (C=O) groups excluding carboxylic acids is 1. The van der Waals surface area contributed by atoms with Crippen molar-refractivity contribution < 1.29 is 18.3 Å². The molecule has 0 bridgehead atoms. The zero-order chi connectivity index (χ0) is 11.7. The van der Waals surface area contributed by atoms with E-state index in [4.69, 9.17) is 5.73 Å². The van der Waals surface area contributed by atoms with Gasteiger partial charge in [-0.1, -0.05) is 6.92 Å². The molecule has 0 fully saturated rings. The van der Waals surface area contributed by atoms with Crippen LogP contribution in [0, 0.1) is 0 Å². The standard InChI is InChI=1S/C9H18F2N2O2/c1-2-7(5-12)13-9(14)3-4-15-6-8(10)11/h7-8H,2-6,12H2,1H3,(H,13,14). The van der Waals surface area contributed by atoms with Crippen LogP contribution in [0.2, 0.25) is 0 Å². The first-order valence-electron chi connectivity index (χ1n) is 4.95. The van der Waals surface area contributed by atoms with Crippen LogP contribution in [-0.2, 0) is 9.53 Å². The maximum absolute atomic E-state index is 11.6. The van der Waals surface area contributed by atoms with Crippen molar-refractivity contribution in [1.29, 1.82) is 0 Å². The second kappa shape index (κ2) is 8.55. The smallest absolute Gasteiger partial charge is 0.261 e. The van der Waals surface area contributed by atoms with Gasteiger partial charge in [0.1, 0.15) is 6.61 Å². The van der Waals surface area contributed by atoms with E-state index in [-0.39, 0.29) is 25.0 Å². The number of rotatable bonds is 8. The number of alkyl halides is 2. The maximum atomic E-state index is 11.6. The lowest BCUT2D eigenvalue weighted by Gasteiger charge is -2.14. The Labute approximate surface area is 88.2 Å². The molecule has 0 spiro atoms. The first-order valence-corrected chi connectivity index (χ1v) is 4.95. The number of carbonyl (C=O) groups is 1. The number of ether oxygens (including phenoxy) is 1. The molecular formula is C9H18F2N2O2. The molecule has 0 heterocycles. The summed E-state index contributed by atoms with van der Waals surface area (Å²) in [5.41, 5.74) is 5.38. The molecule has 4 nitrogen and oxygen atoms in total. The highest BCUT2D eigenvalue weighted by Gasteiger charge is 2.08. The Morgan fingerprint density at radius 3 is 2.67 bits per heavy atom. The molecule has 1 unspecified atom stereocenters. The van der Waals surface area contributed by atoms with E-state index < -0.39 is 13.0 Å². The highest BCUT2D eigenvalue weighted by atomic mass is 19.3. The van der Waals surface area contributed by atoms with Gasteiger partial charge in [0.05, 0.1) is 6.61 Å². The van der Waals surface area contributed by atoms with Crippen LogP contribution in [0.15, 0.2) is 0 Å². The Morgan fingerprint density at radius 2 is 2.20 bits per heavy atom. The van der Waals surface area contributed by atoms with Crippen LogP contribution >= 0.6 is 0 Å². The maximum Gasteiger partial charge on any atom is 0.261 e. The molecule has 0 aromatic rings. The van der Waals surface area contributed by atoms with Crippen LogP contribution in [0.25, 0.3) is 0 Å². The van der Waals surface area contributed by atoms with Gasteiger partial charge in [-0.15, -0.1) is 0 Å². The number of nitrogens with one attached hydrogen (secondary N) is 1. The average Bonchev–Trinajstić information content (AvgIpc) is 2.20. The molecule has 0 saturated heterocycles. The van der Waals surface area contributed by atoms with Gasteiger partial charge in [-0.3, -0.25) is 4.79 Å². The van der Waals surface area contributed by atoms with Crippen molar-refractivity contribution in [2.75, 3.05) is 19.8 Å². The van der Waals surface area contributed by atoms with Crippen LogP contribution in [-0.4, -0.2) is 38.1 Å². The number of halogens is 2. The van der Waals surface area contributed by atoms with E-state index in [1.54, 1.807) is 0 Å².